The first-order chi connectivity index (χ1) is 8.17. The fourth-order valence-electron chi connectivity index (χ4n) is 1.21. The van der Waals surface area contributed by atoms with E-state index in [1.807, 2.05) is 13.0 Å². The van der Waals surface area contributed by atoms with Gasteiger partial charge in [-0.15, -0.1) is 0 Å². The summed E-state index contributed by atoms with van der Waals surface area (Å²) in [4.78, 5) is 11.5. The van der Waals surface area contributed by atoms with Crippen molar-refractivity contribution in [3.8, 4) is 5.75 Å². The van der Waals surface area contributed by atoms with Crippen molar-refractivity contribution in [1.82, 2.24) is 0 Å². The monoisotopic (exact) mass is 251 g/mol. The third kappa shape index (κ3) is 4.33. The minimum atomic E-state index is -0.233. The van der Waals surface area contributed by atoms with E-state index in [1.54, 1.807) is 30.4 Å². The van der Waals surface area contributed by atoms with Gasteiger partial charge in [0.2, 0.25) is 5.91 Å². The number of hydrogen-bond acceptors (Lipinski definition) is 2. The number of methoxy groups -OCH3 is 1. The third-order valence-corrected chi connectivity index (χ3v) is 2.21. The number of nitrogens with one attached hydrogen (secondary N) is 1. The van der Waals surface area contributed by atoms with Crippen LogP contribution in [0.25, 0.3) is 0 Å². The Morgan fingerprint density at radius 2 is 2.18 bits per heavy atom. The molecule has 0 radical (unpaired) electrons. The second-order valence-electron chi connectivity index (χ2n) is 3.22. The highest BCUT2D eigenvalue weighted by Gasteiger charge is 2.05. The average Bonchev–Trinajstić information content (AvgIpc) is 2.29. The van der Waals surface area contributed by atoms with E-state index in [2.05, 4.69) is 5.32 Å². The molecule has 17 heavy (non-hydrogen) atoms. The molecule has 0 aliphatic heterocycles. The van der Waals surface area contributed by atoms with Gasteiger partial charge >= 0.3 is 0 Å². The minimum Gasteiger partial charge on any atom is -0.495 e. The topological polar surface area (TPSA) is 38.3 Å². The van der Waals surface area contributed by atoms with Crippen molar-refractivity contribution in [2.45, 2.75) is 6.92 Å². The summed E-state index contributed by atoms with van der Waals surface area (Å²) in [6.07, 6.45) is 6.70. The molecular formula is C13H14ClNO2. The van der Waals surface area contributed by atoms with E-state index in [0.29, 0.717) is 16.5 Å². The van der Waals surface area contributed by atoms with E-state index in [-0.39, 0.29) is 5.91 Å². The van der Waals surface area contributed by atoms with Crippen LogP contribution >= 0.6 is 11.6 Å². The maximum Gasteiger partial charge on any atom is 0.248 e. The molecule has 3 nitrogen and oxygen atoms in total. The summed E-state index contributed by atoms with van der Waals surface area (Å²) in [6.45, 7) is 1.88. The summed E-state index contributed by atoms with van der Waals surface area (Å²) in [6, 6.07) is 5.04. The predicted molar refractivity (Wildman–Crippen MR) is 70.6 cm³/mol. The van der Waals surface area contributed by atoms with Gasteiger partial charge in [0.1, 0.15) is 5.75 Å². The van der Waals surface area contributed by atoms with Crippen molar-refractivity contribution in [2.75, 3.05) is 12.4 Å². The van der Waals surface area contributed by atoms with Gasteiger partial charge in [0.25, 0.3) is 0 Å². The number of amides is 1. The number of allylic oxidation sites excluding steroid dienone is 3. The van der Waals surface area contributed by atoms with Gasteiger partial charge in [-0.3, -0.25) is 4.79 Å². The van der Waals surface area contributed by atoms with Crippen molar-refractivity contribution < 1.29 is 9.53 Å². The maximum atomic E-state index is 11.5. The average molecular weight is 252 g/mol. The molecule has 0 fully saturated rings. The van der Waals surface area contributed by atoms with Crippen LogP contribution in [0.2, 0.25) is 5.02 Å². The highest BCUT2D eigenvalue weighted by atomic mass is 35.5. The molecule has 1 amide bonds. The Kier molecular flexibility index (Phi) is 5.30. The number of ether oxygens (including phenoxy) is 1. The number of rotatable bonds is 4. The van der Waals surface area contributed by atoms with Crippen molar-refractivity contribution in [3.63, 3.8) is 0 Å². The summed E-state index contributed by atoms with van der Waals surface area (Å²) in [5.74, 6) is 0.339. The molecule has 1 aromatic rings. The summed E-state index contributed by atoms with van der Waals surface area (Å²) < 4.78 is 5.12. The molecule has 0 unspecified atom stereocenters. The van der Waals surface area contributed by atoms with Gasteiger partial charge in [-0.25, -0.2) is 0 Å². The van der Waals surface area contributed by atoms with Crippen LogP contribution in [0, 0.1) is 0 Å². The van der Waals surface area contributed by atoms with Crippen LogP contribution < -0.4 is 10.1 Å². The van der Waals surface area contributed by atoms with Gasteiger partial charge in [-0.1, -0.05) is 29.8 Å². The zero-order chi connectivity index (χ0) is 12.7. The number of carbonyl (C=O) groups is 1. The normalized spacial score (nSPS) is 11.0. The molecule has 0 bridgehead atoms. The Balaban J connectivity index is 2.80. The second-order valence-corrected chi connectivity index (χ2v) is 3.66. The quantitative estimate of drug-likeness (QED) is 0.658. The van der Waals surface area contributed by atoms with Crippen LogP contribution in [-0.4, -0.2) is 13.0 Å². The smallest absolute Gasteiger partial charge is 0.248 e. The lowest BCUT2D eigenvalue weighted by molar-refractivity contribution is -0.111. The molecule has 4 heteroatoms. The van der Waals surface area contributed by atoms with Gasteiger partial charge in [0, 0.05) is 11.1 Å². The fraction of sp³-hybridized carbons (Fsp3) is 0.154. The van der Waals surface area contributed by atoms with Crippen LogP contribution in [0.15, 0.2) is 42.5 Å². The van der Waals surface area contributed by atoms with E-state index in [4.69, 9.17) is 16.3 Å². The first-order valence-electron chi connectivity index (χ1n) is 5.11. The largest absolute Gasteiger partial charge is 0.495 e. The van der Waals surface area contributed by atoms with Crippen LogP contribution in [0.1, 0.15) is 6.92 Å². The van der Waals surface area contributed by atoms with Gasteiger partial charge in [0.15, 0.2) is 0 Å². The van der Waals surface area contributed by atoms with E-state index < -0.39 is 0 Å². The first kappa shape index (κ1) is 13.3. The van der Waals surface area contributed by atoms with E-state index in [1.165, 1.54) is 13.2 Å². The standard InChI is InChI=1S/C13H14ClNO2/c1-3-4-5-6-13(16)15-11-9-10(14)7-8-12(11)17-2/h3-9H,1-2H3,(H,15,16). The molecule has 0 aliphatic rings. The van der Waals surface area contributed by atoms with E-state index in [9.17, 15) is 4.79 Å². The van der Waals surface area contributed by atoms with Gasteiger partial charge in [-0.05, 0) is 25.1 Å². The van der Waals surface area contributed by atoms with Crippen LogP contribution in [0.5, 0.6) is 5.75 Å². The molecule has 90 valence electrons. The maximum absolute atomic E-state index is 11.5. The van der Waals surface area contributed by atoms with E-state index >= 15 is 0 Å². The molecule has 0 spiro atoms. The zero-order valence-electron chi connectivity index (χ0n) is 9.74. The summed E-state index contributed by atoms with van der Waals surface area (Å²) in [7, 11) is 1.54. The molecular weight excluding hydrogens is 238 g/mol. The second kappa shape index (κ2) is 6.76. The van der Waals surface area contributed by atoms with Crippen molar-refractivity contribution in [3.05, 3.63) is 47.5 Å². The predicted octanol–water partition coefficient (Wildman–Crippen LogP) is 3.42. The van der Waals surface area contributed by atoms with Gasteiger partial charge < -0.3 is 10.1 Å². The summed E-state index contributed by atoms with van der Waals surface area (Å²) in [5.41, 5.74) is 0.551. The number of halogens is 1. The Morgan fingerprint density at radius 1 is 1.41 bits per heavy atom. The molecule has 0 heterocycles. The SMILES string of the molecule is CC=CC=CC(=O)Nc1cc(Cl)ccc1OC. The third-order valence-electron chi connectivity index (χ3n) is 1.97. The Labute approximate surface area is 106 Å². The lowest BCUT2D eigenvalue weighted by atomic mass is 10.3. The number of hydrogen-bond donors (Lipinski definition) is 1. The molecule has 1 rings (SSSR count). The molecule has 1 N–H and O–H groups in total. The Bertz CT molecular complexity index is 453. The number of anilines is 1. The Hall–Kier alpha value is -1.74. The van der Waals surface area contributed by atoms with Gasteiger partial charge in [0.05, 0.1) is 12.8 Å². The molecule has 0 aliphatic carbocycles. The van der Waals surface area contributed by atoms with Crippen molar-refractivity contribution >= 4 is 23.2 Å². The fourth-order valence-corrected chi connectivity index (χ4v) is 1.38. The highest BCUT2D eigenvalue weighted by molar-refractivity contribution is 6.31. The summed E-state index contributed by atoms with van der Waals surface area (Å²) in [5, 5.41) is 3.23. The summed E-state index contributed by atoms with van der Waals surface area (Å²) >= 11 is 5.85. The molecule has 0 saturated heterocycles. The first-order valence-corrected chi connectivity index (χ1v) is 5.49. The van der Waals surface area contributed by atoms with Gasteiger partial charge in [-0.2, -0.15) is 0 Å². The van der Waals surface area contributed by atoms with Crippen LogP contribution in [0.3, 0.4) is 0 Å². The molecule has 0 aromatic heterocycles. The molecule has 1 aromatic carbocycles. The number of carbonyl (C=O) groups excluding carboxylic acids is 1. The van der Waals surface area contributed by atoms with Crippen molar-refractivity contribution in [2.24, 2.45) is 0 Å². The van der Waals surface area contributed by atoms with Crippen LogP contribution in [-0.2, 0) is 4.79 Å². The number of benzene rings is 1. The molecule has 0 saturated carbocycles. The van der Waals surface area contributed by atoms with Crippen molar-refractivity contribution in [1.29, 1.82) is 0 Å². The van der Waals surface area contributed by atoms with Crippen LogP contribution in [0.4, 0.5) is 5.69 Å². The molecule has 0 atom stereocenters. The lowest BCUT2D eigenvalue weighted by Crippen LogP contribution is -2.08. The lowest BCUT2D eigenvalue weighted by Gasteiger charge is -2.08. The minimum absolute atomic E-state index is 0.233. The Morgan fingerprint density at radius 3 is 2.82 bits per heavy atom. The zero-order valence-corrected chi connectivity index (χ0v) is 10.5. The highest BCUT2D eigenvalue weighted by Crippen LogP contribution is 2.27. The van der Waals surface area contributed by atoms with E-state index in [0.717, 1.165) is 0 Å².